The van der Waals surface area contributed by atoms with E-state index in [0.717, 1.165) is 10.2 Å². The van der Waals surface area contributed by atoms with Crippen LogP contribution >= 0.6 is 27.5 Å². The average molecular weight is 355 g/mol. The first-order valence-electron chi connectivity index (χ1n) is 5.85. The summed E-state index contributed by atoms with van der Waals surface area (Å²) in [4.78, 5) is 11.5. The van der Waals surface area contributed by atoms with Crippen LogP contribution in [0.2, 0.25) is 5.02 Å². The highest BCUT2D eigenvalue weighted by Crippen LogP contribution is 2.33. The highest BCUT2D eigenvalue weighted by atomic mass is 79.9. The van der Waals surface area contributed by atoms with Gasteiger partial charge in [0, 0.05) is 12.6 Å². The van der Waals surface area contributed by atoms with Gasteiger partial charge >= 0.3 is 0 Å². The summed E-state index contributed by atoms with van der Waals surface area (Å²) in [5.41, 5.74) is 8.47. The standard InChI is InChI=1S/C14H13BrClN3O/c1-18-14(20)8-5-6-11(10(17)7-8)19-12-4-2-3-9(16)13(12)15/h2-7,19H,17H2,1H3,(H,18,20). The van der Waals surface area contributed by atoms with E-state index >= 15 is 0 Å². The molecule has 0 aliphatic rings. The van der Waals surface area contributed by atoms with Gasteiger partial charge in [-0.25, -0.2) is 0 Å². The summed E-state index contributed by atoms with van der Waals surface area (Å²) in [6.07, 6.45) is 0. The maximum atomic E-state index is 11.5. The smallest absolute Gasteiger partial charge is 0.251 e. The maximum absolute atomic E-state index is 11.5. The zero-order valence-corrected chi connectivity index (χ0v) is 13.0. The summed E-state index contributed by atoms with van der Waals surface area (Å²) in [5, 5.41) is 6.34. The van der Waals surface area contributed by atoms with E-state index in [1.807, 2.05) is 12.1 Å². The van der Waals surface area contributed by atoms with Crippen molar-refractivity contribution >= 4 is 50.5 Å². The molecule has 20 heavy (non-hydrogen) atoms. The first-order chi connectivity index (χ1) is 9.52. The van der Waals surface area contributed by atoms with Crippen LogP contribution in [0.25, 0.3) is 0 Å². The summed E-state index contributed by atoms with van der Waals surface area (Å²) < 4.78 is 0.761. The minimum atomic E-state index is -0.174. The molecule has 4 nitrogen and oxygen atoms in total. The van der Waals surface area contributed by atoms with Gasteiger partial charge in [-0.1, -0.05) is 17.7 Å². The van der Waals surface area contributed by atoms with E-state index < -0.39 is 0 Å². The van der Waals surface area contributed by atoms with E-state index in [2.05, 4.69) is 26.6 Å². The largest absolute Gasteiger partial charge is 0.397 e. The van der Waals surface area contributed by atoms with Gasteiger partial charge in [0.05, 0.1) is 26.6 Å². The summed E-state index contributed by atoms with van der Waals surface area (Å²) in [5.74, 6) is -0.174. The number of nitrogens with one attached hydrogen (secondary N) is 2. The van der Waals surface area contributed by atoms with Crippen molar-refractivity contribution < 1.29 is 4.79 Å². The molecule has 2 rings (SSSR count). The Kier molecular flexibility index (Phi) is 4.52. The lowest BCUT2D eigenvalue weighted by molar-refractivity contribution is 0.0963. The summed E-state index contributed by atoms with van der Waals surface area (Å²) >= 11 is 9.45. The van der Waals surface area contributed by atoms with E-state index in [1.54, 1.807) is 31.3 Å². The topological polar surface area (TPSA) is 67.2 Å². The Balaban J connectivity index is 2.30. The molecule has 0 unspecified atom stereocenters. The van der Waals surface area contributed by atoms with Crippen LogP contribution in [0.1, 0.15) is 10.4 Å². The third kappa shape index (κ3) is 3.05. The number of carbonyl (C=O) groups is 1. The molecule has 104 valence electrons. The van der Waals surface area contributed by atoms with E-state index in [0.29, 0.717) is 22.0 Å². The van der Waals surface area contributed by atoms with E-state index in [1.165, 1.54) is 0 Å². The SMILES string of the molecule is CNC(=O)c1ccc(Nc2cccc(Cl)c2Br)c(N)c1. The molecule has 0 saturated heterocycles. The van der Waals surface area contributed by atoms with Gasteiger partial charge < -0.3 is 16.4 Å². The van der Waals surface area contributed by atoms with E-state index in [4.69, 9.17) is 17.3 Å². The van der Waals surface area contributed by atoms with Crippen LogP contribution in [0.5, 0.6) is 0 Å². The maximum Gasteiger partial charge on any atom is 0.251 e. The minimum Gasteiger partial charge on any atom is -0.397 e. The van der Waals surface area contributed by atoms with Gasteiger partial charge in [-0.05, 0) is 46.3 Å². The van der Waals surface area contributed by atoms with E-state index in [9.17, 15) is 4.79 Å². The van der Waals surface area contributed by atoms with Gasteiger partial charge in [-0.2, -0.15) is 0 Å². The second kappa shape index (κ2) is 6.15. The number of hydrogen-bond donors (Lipinski definition) is 3. The van der Waals surface area contributed by atoms with Crippen LogP contribution in [0, 0.1) is 0 Å². The first-order valence-corrected chi connectivity index (χ1v) is 7.02. The highest BCUT2D eigenvalue weighted by Gasteiger charge is 2.09. The predicted molar refractivity (Wildman–Crippen MR) is 86.7 cm³/mol. The molecule has 2 aromatic carbocycles. The molecule has 1 amide bonds. The van der Waals surface area contributed by atoms with Crippen molar-refractivity contribution in [2.45, 2.75) is 0 Å². The molecule has 6 heteroatoms. The fourth-order valence-electron chi connectivity index (χ4n) is 1.71. The van der Waals surface area contributed by atoms with Gasteiger partial charge in [0.1, 0.15) is 0 Å². The Morgan fingerprint density at radius 3 is 2.65 bits per heavy atom. The van der Waals surface area contributed by atoms with Crippen molar-refractivity contribution in [2.24, 2.45) is 0 Å². The summed E-state index contributed by atoms with van der Waals surface area (Å²) in [6, 6.07) is 10.6. The summed E-state index contributed by atoms with van der Waals surface area (Å²) in [6.45, 7) is 0. The normalized spacial score (nSPS) is 10.2. The second-order valence-corrected chi connectivity index (χ2v) is 5.31. The Morgan fingerprint density at radius 1 is 1.25 bits per heavy atom. The fourth-order valence-corrected chi connectivity index (χ4v) is 2.25. The van der Waals surface area contributed by atoms with Crippen molar-refractivity contribution in [3.63, 3.8) is 0 Å². The molecule has 0 heterocycles. The van der Waals surface area contributed by atoms with Crippen molar-refractivity contribution in [1.29, 1.82) is 0 Å². The number of anilines is 3. The van der Waals surface area contributed by atoms with Crippen LogP contribution in [0.4, 0.5) is 17.1 Å². The quantitative estimate of drug-likeness (QED) is 0.735. The van der Waals surface area contributed by atoms with E-state index in [-0.39, 0.29) is 5.91 Å². The molecule has 0 atom stereocenters. The Morgan fingerprint density at radius 2 is 2.00 bits per heavy atom. The molecule has 0 saturated carbocycles. The molecular formula is C14H13BrClN3O. The molecule has 0 spiro atoms. The van der Waals surface area contributed by atoms with Gasteiger partial charge in [0.2, 0.25) is 0 Å². The third-order valence-corrected chi connectivity index (χ3v) is 4.16. The van der Waals surface area contributed by atoms with Crippen LogP contribution in [-0.2, 0) is 0 Å². The number of nitrogens with two attached hydrogens (primary N) is 1. The second-order valence-electron chi connectivity index (χ2n) is 4.11. The summed E-state index contributed by atoms with van der Waals surface area (Å²) in [7, 11) is 1.58. The van der Waals surface area contributed by atoms with Crippen molar-refractivity contribution in [3.05, 3.63) is 51.5 Å². The molecule has 0 aromatic heterocycles. The lowest BCUT2D eigenvalue weighted by atomic mass is 10.1. The number of nitrogen functional groups attached to an aromatic ring is 1. The molecule has 0 bridgehead atoms. The predicted octanol–water partition coefficient (Wildman–Crippen LogP) is 3.79. The molecule has 2 aromatic rings. The number of rotatable bonds is 3. The number of hydrogen-bond acceptors (Lipinski definition) is 3. The average Bonchev–Trinajstić information content (AvgIpc) is 2.45. The van der Waals surface area contributed by atoms with Crippen LogP contribution in [0.15, 0.2) is 40.9 Å². The Bertz CT molecular complexity index is 661. The van der Waals surface area contributed by atoms with Crippen molar-refractivity contribution in [3.8, 4) is 0 Å². The minimum absolute atomic E-state index is 0.174. The Hall–Kier alpha value is -1.72. The first kappa shape index (κ1) is 14.7. The lowest BCUT2D eigenvalue weighted by Crippen LogP contribution is -2.17. The number of carbonyl (C=O) groups excluding carboxylic acids is 1. The zero-order chi connectivity index (χ0) is 14.7. The zero-order valence-electron chi connectivity index (χ0n) is 10.7. The number of amides is 1. The van der Waals surface area contributed by atoms with Crippen LogP contribution in [-0.4, -0.2) is 13.0 Å². The molecule has 0 aliphatic heterocycles. The monoisotopic (exact) mass is 353 g/mol. The van der Waals surface area contributed by atoms with Gasteiger partial charge in [0.25, 0.3) is 5.91 Å². The molecule has 0 aliphatic carbocycles. The fraction of sp³-hybridized carbons (Fsp3) is 0.0714. The van der Waals surface area contributed by atoms with Gasteiger partial charge in [0.15, 0.2) is 0 Å². The van der Waals surface area contributed by atoms with Gasteiger partial charge in [-0.15, -0.1) is 0 Å². The third-order valence-electron chi connectivity index (χ3n) is 2.76. The molecule has 4 N–H and O–H groups in total. The van der Waals surface area contributed by atoms with Gasteiger partial charge in [-0.3, -0.25) is 4.79 Å². The molecular weight excluding hydrogens is 342 g/mol. The van der Waals surface area contributed by atoms with Crippen LogP contribution in [0.3, 0.4) is 0 Å². The Labute approximate surface area is 130 Å². The number of halogens is 2. The molecule has 0 radical (unpaired) electrons. The molecule has 0 fully saturated rings. The van der Waals surface area contributed by atoms with Crippen molar-refractivity contribution in [1.82, 2.24) is 5.32 Å². The van der Waals surface area contributed by atoms with Crippen LogP contribution < -0.4 is 16.4 Å². The lowest BCUT2D eigenvalue weighted by Gasteiger charge is -2.12. The van der Waals surface area contributed by atoms with Crippen molar-refractivity contribution in [2.75, 3.05) is 18.1 Å². The highest BCUT2D eigenvalue weighted by molar-refractivity contribution is 9.10. The number of benzene rings is 2.